The SMILES string of the molecule is [B]C(NC(=O)C(F)(F)c1ccc(Cl)cc1)c1ccc2c(c1)CN([C@]1([B])C(=O)N([B])C(=O)C([B])([B])C1([B])[B])C2=O. The number of piperidine rings is 1. The number of halogens is 3. The molecule has 2 aromatic rings. The van der Waals surface area contributed by atoms with Gasteiger partial charge in [-0.1, -0.05) is 41.1 Å². The second kappa shape index (κ2) is 9.35. The van der Waals surface area contributed by atoms with E-state index in [4.69, 9.17) is 66.7 Å². The van der Waals surface area contributed by atoms with Crippen LogP contribution in [0.15, 0.2) is 42.5 Å². The Morgan fingerprint density at radius 1 is 1.00 bits per heavy atom. The molecule has 4 amide bonds. The standard InChI is InChI=1S/C22H11B7ClF2N3O4/c23-14(33-16(37)19(31,32)11-2-4-12(30)5-3-11)9-1-6-13-10(7-9)8-34(15(13)36)21(26)18(39)35(29)17(38)20(24,25)22(21,27)28/h1-7,14H,8H2,(H,33,37)/t14?,21-/m1/s1. The van der Waals surface area contributed by atoms with Crippen LogP contribution in [0.25, 0.3) is 0 Å². The number of alkyl halides is 2. The lowest BCUT2D eigenvalue weighted by Crippen LogP contribution is -2.75. The van der Waals surface area contributed by atoms with Gasteiger partial charge in [0.25, 0.3) is 11.8 Å². The largest absolute Gasteiger partial charge is 0.352 e. The minimum Gasteiger partial charge on any atom is -0.352 e. The molecule has 2 atom stereocenters. The number of carbonyl (C=O) groups excluding carboxylic acids is 4. The van der Waals surface area contributed by atoms with Crippen LogP contribution in [0, 0.1) is 0 Å². The summed E-state index contributed by atoms with van der Waals surface area (Å²) in [5.41, 5.74) is -2.95. The zero-order chi connectivity index (χ0) is 29.3. The van der Waals surface area contributed by atoms with Gasteiger partial charge < -0.3 is 15.0 Å². The monoisotopic (exact) mass is 531 g/mol. The van der Waals surface area contributed by atoms with E-state index in [9.17, 15) is 28.0 Å². The number of nitrogens with zero attached hydrogens (tertiary/aromatic N) is 2. The Morgan fingerprint density at radius 2 is 1.59 bits per heavy atom. The van der Waals surface area contributed by atoms with E-state index >= 15 is 0 Å². The van der Waals surface area contributed by atoms with Gasteiger partial charge in [-0.3, -0.25) is 19.2 Å². The number of benzene rings is 2. The highest BCUT2D eigenvalue weighted by Crippen LogP contribution is 2.56. The molecule has 4 rings (SSSR count). The van der Waals surface area contributed by atoms with Gasteiger partial charge in [0.2, 0.25) is 19.8 Å². The molecule has 2 heterocycles. The predicted molar refractivity (Wildman–Crippen MR) is 143 cm³/mol. The summed E-state index contributed by atoms with van der Waals surface area (Å²) in [5, 5.41) is -3.13. The Hall–Kier alpha value is -2.88. The van der Waals surface area contributed by atoms with Crippen LogP contribution in [0.1, 0.15) is 33.0 Å². The van der Waals surface area contributed by atoms with Crippen LogP contribution in [0.3, 0.4) is 0 Å². The third-order valence-electron chi connectivity index (χ3n) is 6.93. The second-order valence-electron chi connectivity index (χ2n) is 9.33. The first-order valence-corrected chi connectivity index (χ1v) is 11.5. The molecule has 1 fully saturated rings. The second-order valence-corrected chi connectivity index (χ2v) is 9.76. The van der Waals surface area contributed by atoms with Gasteiger partial charge in [0, 0.05) is 28.6 Å². The van der Waals surface area contributed by atoms with Crippen LogP contribution in [0.2, 0.25) is 15.5 Å². The lowest BCUT2D eigenvalue weighted by atomic mass is 9.21. The van der Waals surface area contributed by atoms with Crippen LogP contribution < -0.4 is 5.32 Å². The summed E-state index contributed by atoms with van der Waals surface area (Å²) in [7, 11) is 41.4. The molecule has 2 aromatic carbocycles. The van der Waals surface area contributed by atoms with Gasteiger partial charge in [-0.05, 0) is 34.5 Å². The maximum atomic E-state index is 14.7. The number of rotatable bonds is 5. The molecule has 0 bridgehead atoms. The maximum absolute atomic E-state index is 14.7. The van der Waals surface area contributed by atoms with Gasteiger partial charge in [-0.25, -0.2) is 0 Å². The Bertz CT molecular complexity index is 1410. The molecule has 2 aliphatic heterocycles. The first kappa shape index (κ1) is 29.1. The van der Waals surface area contributed by atoms with Crippen molar-refractivity contribution >= 4 is 90.3 Å². The van der Waals surface area contributed by atoms with Gasteiger partial charge in [0.1, 0.15) is 15.7 Å². The zero-order valence-corrected chi connectivity index (χ0v) is 20.8. The fraction of sp³-hybridized carbons (Fsp3) is 0.273. The van der Waals surface area contributed by atoms with Gasteiger partial charge in [-0.15, -0.1) is 0 Å². The fourth-order valence-corrected chi connectivity index (χ4v) is 4.53. The number of fused-ring (bicyclic) bond motifs is 1. The van der Waals surface area contributed by atoms with Crippen LogP contribution in [-0.2, 0) is 26.9 Å². The van der Waals surface area contributed by atoms with Gasteiger partial charge >= 0.3 is 5.92 Å². The topological polar surface area (TPSA) is 86.8 Å². The third-order valence-corrected chi connectivity index (χ3v) is 7.18. The molecule has 17 heteroatoms. The number of hydrogen-bond donors (Lipinski definition) is 1. The summed E-state index contributed by atoms with van der Waals surface area (Å²) in [6.45, 7) is -0.417. The van der Waals surface area contributed by atoms with Crippen molar-refractivity contribution in [1.82, 2.24) is 15.0 Å². The molecule has 0 aromatic heterocycles. The Balaban J connectivity index is 1.60. The van der Waals surface area contributed by atoms with Crippen LogP contribution in [0.5, 0.6) is 0 Å². The Labute approximate surface area is 237 Å². The summed E-state index contributed by atoms with van der Waals surface area (Å²) >= 11 is 5.71. The van der Waals surface area contributed by atoms with Crippen LogP contribution in [-0.4, -0.2) is 93.8 Å². The highest BCUT2D eigenvalue weighted by atomic mass is 35.5. The highest BCUT2D eigenvalue weighted by Gasteiger charge is 2.64. The number of amides is 4. The lowest BCUT2D eigenvalue weighted by molar-refractivity contribution is -0.149. The predicted octanol–water partition coefficient (Wildman–Crippen LogP) is -0.405. The summed E-state index contributed by atoms with van der Waals surface area (Å²) in [5.74, 6) is -10.6. The zero-order valence-electron chi connectivity index (χ0n) is 20.0. The average Bonchev–Trinajstić information content (AvgIpc) is 3.22. The molecule has 0 aliphatic carbocycles. The molecule has 180 valence electrons. The number of carbonyl (C=O) groups is 4. The smallest absolute Gasteiger partial charge is 0.349 e. The number of hydrogen-bond acceptors (Lipinski definition) is 4. The van der Waals surface area contributed by atoms with Gasteiger partial charge in [-0.2, -0.15) is 8.78 Å². The van der Waals surface area contributed by atoms with Crippen molar-refractivity contribution in [3.05, 3.63) is 69.7 Å². The molecule has 39 heavy (non-hydrogen) atoms. The van der Waals surface area contributed by atoms with E-state index < -0.39 is 63.5 Å². The molecular weight excluding hydrogens is 519 g/mol. The van der Waals surface area contributed by atoms with Crippen LogP contribution >= 0.6 is 11.6 Å². The van der Waals surface area contributed by atoms with Crippen molar-refractivity contribution in [2.75, 3.05) is 0 Å². The first-order chi connectivity index (χ1) is 17.9. The van der Waals surface area contributed by atoms with Crippen molar-refractivity contribution in [1.29, 1.82) is 0 Å². The van der Waals surface area contributed by atoms with E-state index in [-0.39, 0.29) is 26.5 Å². The molecule has 0 spiro atoms. The minimum absolute atomic E-state index is 0.0114. The van der Waals surface area contributed by atoms with E-state index in [0.717, 1.165) is 17.0 Å². The number of nitrogens with one attached hydrogen (secondary N) is 1. The summed E-state index contributed by atoms with van der Waals surface area (Å²) < 4.78 is 29.3. The minimum atomic E-state index is -3.94. The number of imide groups is 1. The van der Waals surface area contributed by atoms with Crippen molar-refractivity contribution in [2.24, 2.45) is 0 Å². The summed E-state index contributed by atoms with van der Waals surface area (Å²) in [4.78, 5) is 51.8. The van der Waals surface area contributed by atoms with E-state index in [1.54, 1.807) is 0 Å². The first-order valence-electron chi connectivity index (χ1n) is 11.1. The summed E-state index contributed by atoms with van der Waals surface area (Å²) in [6.07, 6.45) is 0. The highest BCUT2D eigenvalue weighted by molar-refractivity contribution is 6.68. The molecule has 1 N–H and O–H groups in total. The van der Waals surface area contributed by atoms with E-state index in [1.807, 2.05) is 5.32 Å². The van der Waals surface area contributed by atoms with Gasteiger partial charge in [0.05, 0.1) is 36.8 Å². The average molecular weight is 530 g/mol. The molecule has 1 unspecified atom stereocenters. The van der Waals surface area contributed by atoms with Crippen molar-refractivity contribution in [3.63, 3.8) is 0 Å². The van der Waals surface area contributed by atoms with Crippen LogP contribution in [0.4, 0.5) is 8.78 Å². The van der Waals surface area contributed by atoms with E-state index in [1.165, 1.54) is 30.3 Å². The Kier molecular flexibility index (Phi) is 6.98. The maximum Gasteiger partial charge on any atom is 0.349 e. The normalized spacial score (nSPS) is 22.9. The molecule has 14 radical (unpaired) electrons. The van der Waals surface area contributed by atoms with Gasteiger partial charge in [0.15, 0.2) is 0 Å². The molecular formula is C22H11B7ClF2N3O4. The van der Waals surface area contributed by atoms with E-state index in [2.05, 4.69) is 0 Å². The third kappa shape index (κ3) is 4.17. The molecule has 0 saturated carbocycles. The van der Waals surface area contributed by atoms with Crippen molar-refractivity contribution in [2.45, 2.75) is 34.3 Å². The van der Waals surface area contributed by atoms with Crippen molar-refractivity contribution in [3.8, 4) is 0 Å². The quantitative estimate of drug-likeness (QED) is 0.421. The fourth-order valence-electron chi connectivity index (χ4n) is 4.41. The molecule has 7 nitrogen and oxygen atoms in total. The molecule has 1 saturated heterocycles. The summed E-state index contributed by atoms with van der Waals surface area (Å²) in [6, 6.07) is 8.31. The van der Waals surface area contributed by atoms with E-state index in [0.29, 0.717) is 0 Å². The lowest BCUT2D eigenvalue weighted by Gasteiger charge is -2.62. The van der Waals surface area contributed by atoms with Crippen molar-refractivity contribution < 1.29 is 28.0 Å². The Morgan fingerprint density at radius 3 is 2.18 bits per heavy atom. The molecule has 2 aliphatic rings.